The Hall–Kier alpha value is -1.04. The zero-order valence-corrected chi connectivity index (χ0v) is 15.3. The predicted molar refractivity (Wildman–Crippen MR) is 92.6 cm³/mol. The van der Waals surface area contributed by atoms with Gasteiger partial charge in [-0.3, -0.25) is 4.79 Å². The van der Waals surface area contributed by atoms with Crippen molar-refractivity contribution in [3.8, 4) is 0 Å². The maximum absolute atomic E-state index is 12.7. The molecule has 23 heavy (non-hydrogen) atoms. The fourth-order valence-corrected chi connectivity index (χ4v) is 4.49. The molecule has 0 bridgehead atoms. The Labute approximate surface area is 143 Å². The predicted octanol–water partition coefficient (Wildman–Crippen LogP) is 3.45. The van der Waals surface area contributed by atoms with Gasteiger partial charge in [-0.1, -0.05) is 31.0 Å². The molecule has 1 heterocycles. The van der Waals surface area contributed by atoms with Crippen LogP contribution in [0, 0.1) is 0 Å². The van der Waals surface area contributed by atoms with E-state index in [9.17, 15) is 4.79 Å². The molecule has 5 nitrogen and oxygen atoms in total. The van der Waals surface area contributed by atoms with E-state index in [4.69, 9.17) is 0 Å². The number of hydrogen-bond donors (Lipinski definition) is 0. The first-order chi connectivity index (χ1) is 11.1. The van der Waals surface area contributed by atoms with Gasteiger partial charge in [-0.05, 0) is 39.5 Å². The van der Waals surface area contributed by atoms with E-state index >= 15 is 0 Å². The first-order valence-electron chi connectivity index (χ1n) is 8.98. The summed E-state index contributed by atoms with van der Waals surface area (Å²) in [4.78, 5) is 14.7. The molecule has 2 aliphatic carbocycles. The lowest BCUT2D eigenvalue weighted by Crippen LogP contribution is -2.42. The third-order valence-corrected chi connectivity index (χ3v) is 6.17. The van der Waals surface area contributed by atoms with Crippen LogP contribution in [0.25, 0.3) is 0 Å². The topological polar surface area (TPSA) is 51.0 Å². The summed E-state index contributed by atoms with van der Waals surface area (Å²) in [6, 6.07) is 0.422. The number of nitrogens with zero attached hydrogens (tertiary/aromatic N) is 4. The van der Waals surface area contributed by atoms with Crippen LogP contribution in [0.15, 0.2) is 5.16 Å². The Morgan fingerprint density at radius 1 is 1.26 bits per heavy atom. The van der Waals surface area contributed by atoms with E-state index in [0.717, 1.165) is 30.4 Å². The lowest BCUT2D eigenvalue weighted by molar-refractivity contribution is -0.131. The first kappa shape index (κ1) is 16.8. The van der Waals surface area contributed by atoms with E-state index in [1.165, 1.54) is 32.1 Å². The van der Waals surface area contributed by atoms with Crippen LogP contribution in [0.1, 0.15) is 70.5 Å². The molecule has 128 valence electrons. The normalized spacial score (nSPS) is 20.5. The number of carbonyl (C=O) groups excluding carboxylic acids is 1. The molecule has 2 saturated carbocycles. The van der Waals surface area contributed by atoms with Gasteiger partial charge in [0.1, 0.15) is 5.82 Å². The quantitative estimate of drug-likeness (QED) is 0.747. The monoisotopic (exact) mass is 336 g/mol. The van der Waals surface area contributed by atoms with Crippen LogP contribution in [0.3, 0.4) is 0 Å². The van der Waals surface area contributed by atoms with Gasteiger partial charge in [-0.25, -0.2) is 0 Å². The molecule has 0 aliphatic heterocycles. The van der Waals surface area contributed by atoms with Crippen LogP contribution < -0.4 is 0 Å². The average molecular weight is 337 g/mol. The van der Waals surface area contributed by atoms with Crippen molar-refractivity contribution in [2.24, 2.45) is 0 Å². The lowest BCUT2D eigenvalue weighted by atomic mass is 9.94. The summed E-state index contributed by atoms with van der Waals surface area (Å²) >= 11 is 1.56. The summed E-state index contributed by atoms with van der Waals surface area (Å²) in [6.07, 6.45) is 8.56. The van der Waals surface area contributed by atoms with Crippen molar-refractivity contribution < 1.29 is 4.79 Å². The van der Waals surface area contributed by atoms with Gasteiger partial charge in [0, 0.05) is 25.6 Å². The zero-order valence-electron chi connectivity index (χ0n) is 14.5. The number of thioether (sulfide) groups is 1. The third kappa shape index (κ3) is 3.73. The van der Waals surface area contributed by atoms with Crippen molar-refractivity contribution in [3.05, 3.63) is 5.82 Å². The van der Waals surface area contributed by atoms with E-state index in [2.05, 4.69) is 21.7 Å². The minimum absolute atomic E-state index is 0.108. The van der Waals surface area contributed by atoms with E-state index in [1.807, 2.05) is 18.9 Å². The molecule has 0 aromatic carbocycles. The number of amides is 1. The highest BCUT2D eigenvalue weighted by molar-refractivity contribution is 8.00. The van der Waals surface area contributed by atoms with Crippen molar-refractivity contribution in [1.29, 1.82) is 0 Å². The van der Waals surface area contributed by atoms with Crippen molar-refractivity contribution in [1.82, 2.24) is 19.7 Å². The largest absolute Gasteiger partial charge is 0.342 e. The van der Waals surface area contributed by atoms with Crippen LogP contribution >= 0.6 is 11.8 Å². The van der Waals surface area contributed by atoms with Crippen LogP contribution in [0.4, 0.5) is 0 Å². The third-order valence-electron chi connectivity index (χ3n) is 5.10. The Morgan fingerprint density at radius 2 is 1.96 bits per heavy atom. The SMILES string of the molecule is CCn1c(SC(C)C(=O)N(C)C2CCCCC2)nnc1C1CC1. The minimum atomic E-state index is -0.108. The molecule has 2 aliphatic rings. The molecule has 2 fully saturated rings. The fourth-order valence-electron chi connectivity index (χ4n) is 3.47. The van der Waals surface area contributed by atoms with Gasteiger partial charge < -0.3 is 9.47 Å². The summed E-state index contributed by atoms with van der Waals surface area (Å²) in [5.74, 6) is 1.92. The molecule has 0 spiro atoms. The number of rotatable bonds is 6. The Bertz CT molecular complexity index is 549. The summed E-state index contributed by atoms with van der Waals surface area (Å²) < 4.78 is 2.19. The highest BCUT2D eigenvalue weighted by atomic mass is 32.2. The second-order valence-corrected chi connectivity index (χ2v) is 8.17. The standard InChI is InChI=1S/C17H28N4OS/c1-4-21-15(13-10-11-13)18-19-17(21)23-12(2)16(22)20(3)14-8-6-5-7-9-14/h12-14H,4-11H2,1-3H3. The molecule has 0 saturated heterocycles. The highest BCUT2D eigenvalue weighted by Crippen LogP contribution is 2.40. The molecule has 1 aromatic rings. The van der Waals surface area contributed by atoms with Crippen molar-refractivity contribution >= 4 is 17.7 Å². The second kappa shape index (κ2) is 7.24. The molecule has 3 rings (SSSR count). The molecule has 1 aromatic heterocycles. The van der Waals surface area contributed by atoms with E-state index < -0.39 is 0 Å². The first-order valence-corrected chi connectivity index (χ1v) is 9.86. The maximum atomic E-state index is 12.7. The van der Waals surface area contributed by atoms with Gasteiger partial charge in [-0.15, -0.1) is 10.2 Å². The zero-order chi connectivity index (χ0) is 16.4. The summed E-state index contributed by atoms with van der Waals surface area (Å²) in [7, 11) is 1.97. The number of carbonyl (C=O) groups is 1. The van der Waals surface area contributed by atoms with Crippen LogP contribution in [0.2, 0.25) is 0 Å². The van der Waals surface area contributed by atoms with Gasteiger partial charge >= 0.3 is 0 Å². The van der Waals surface area contributed by atoms with Gasteiger partial charge in [0.25, 0.3) is 0 Å². The number of hydrogen-bond acceptors (Lipinski definition) is 4. The Morgan fingerprint density at radius 3 is 2.57 bits per heavy atom. The average Bonchev–Trinajstić information content (AvgIpc) is 3.35. The Kier molecular flexibility index (Phi) is 5.29. The molecule has 1 atom stereocenters. The molecule has 1 amide bonds. The van der Waals surface area contributed by atoms with Gasteiger partial charge in [-0.2, -0.15) is 0 Å². The molecule has 6 heteroatoms. The molecule has 1 unspecified atom stereocenters. The van der Waals surface area contributed by atoms with Gasteiger partial charge in [0.05, 0.1) is 5.25 Å². The van der Waals surface area contributed by atoms with Crippen LogP contribution in [0.5, 0.6) is 0 Å². The van der Waals surface area contributed by atoms with Crippen LogP contribution in [-0.4, -0.2) is 43.9 Å². The van der Waals surface area contributed by atoms with E-state index in [0.29, 0.717) is 12.0 Å². The van der Waals surface area contributed by atoms with E-state index in [-0.39, 0.29) is 11.2 Å². The molecular formula is C17H28N4OS. The van der Waals surface area contributed by atoms with Gasteiger partial charge in [0.15, 0.2) is 5.16 Å². The summed E-state index contributed by atoms with van der Waals surface area (Å²) in [5, 5.41) is 9.50. The summed E-state index contributed by atoms with van der Waals surface area (Å²) in [5.41, 5.74) is 0. The number of aromatic nitrogens is 3. The minimum Gasteiger partial charge on any atom is -0.342 e. The van der Waals surface area contributed by atoms with Crippen molar-refractivity contribution in [3.63, 3.8) is 0 Å². The lowest BCUT2D eigenvalue weighted by Gasteiger charge is -2.32. The molecular weight excluding hydrogens is 308 g/mol. The van der Waals surface area contributed by atoms with Crippen LogP contribution in [-0.2, 0) is 11.3 Å². The van der Waals surface area contributed by atoms with Crippen molar-refractivity contribution in [2.75, 3.05) is 7.05 Å². The van der Waals surface area contributed by atoms with Crippen molar-refractivity contribution in [2.45, 2.75) is 87.7 Å². The molecule has 0 radical (unpaired) electrons. The summed E-state index contributed by atoms with van der Waals surface area (Å²) in [6.45, 7) is 5.00. The second-order valence-electron chi connectivity index (χ2n) is 6.86. The smallest absolute Gasteiger partial charge is 0.235 e. The van der Waals surface area contributed by atoms with E-state index in [1.54, 1.807) is 11.8 Å². The fraction of sp³-hybridized carbons (Fsp3) is 0.824. The highest BCUT2D eigenvalue weighted by Gasteiger charge is 2.32. The van der Waals surface area contributed by atoms with Gasteiger partial charge in [0.2, 0.25) is 5.91 Å². The Balaban J connectivity index is 1.63. The molecule has 0 N–H and O–H groups in total. The maximum Gasteiger partial charge on any atom is 0.235 e.